The molecule has 3 nitrogen and oxygen atoms in total. The van der Waals surface area contributed by atoms with Crippen LogP contribution in [-0.4, -0.2) is 24.4 Å². The number of Topliss-reactive ketones (excluding diaryl/α,β-unsaturated/α-hetero) is 1. The Balaban J connectivity index is 1.55. The Morgan fingerprint density at radius 3 is 2.16 bits per heavy atom. The zero-order valence-corrected chi connectivity index (χ0v) is 11.7. The van der Waals surface area contributed by atoms with Gasteiger partial charge in [0.25, 0.3) is 0 Å². The Labute approximate surface area is 115 Å². The quantitative estimate of drug-likeness (QED) is 0.815. The highest BCUT2D eigenvalue weighted by Gasteiger charge is 2.51. The zero-order chi connectivity index (χ0) is 13.0. The van der Waals surface area contributed by atoms with Crippen LogP contribution in [0, 0.1) is 17.8 Å². The lowest BCUT2D eigenvalue weighted by molar-refractivity contribution is -0.116. The molecule has 5 rings (SSSR count). The minimum absolute atomic E-state index is 0.240. The summed E-state index contributed by atoms with van der Waals surface area (Å²) in [5, 5.41) is 6.90. The van der Waals surface area contributed by atoms with E-state index in [0.29, 0.717) is 12.2 Å². The lowest BCUT2D eigenvalue weighted by Gasteiger charge is -2.57. The number of nitrogens with one attached hydrogen (secondary N) is 2. The van der Waals surface area contributed by atoms with Gasteiger partial charge < -0.3 is 10.6 Å². The largest absolute Gasteiger partial charge is 0.377 e. The van der Waals surface area contributed by atoms with Gasteiger partial charge in [0.15, 0.2) is 5.78 Å². The van der Waals surface area contributed by atoms with E-state index in [4.69, 9.17) is 0 Å². The summed E-state index contributed by atoms with van der Waals surface area (Å²) in [7, 11) is 1.93. The molecule has 4 fully saturated rings. The second-order valence-corrected chi connectivity index (χ2v) is 7.43. The average Bonchev–Trinajstić information content (AvgIpc) is 2.67. The van der Waals surface area contributed by atoms with Crippen molar-refractivity contribution in [2.75, 3.05) is 7.05 Å². The van der Waals surface area contributed by atoms with Crippen molar-refractivity contribution in [2.45, 2.75) is 56.5 Å². The zero-order valence-electron chi connectivity index (χ0n) is 11.7. The first-order valence-corrected chi connectivity index (χ1v) is 7.86. The van der Waals surface area contributed by atoms with E-state index in [1.54, 1.807) is 0 Å². The maximum atomic E-state index is 12.1. The van der Waals surface area contributed by atoms with Crippen molar-refractivity contribution in [1.29, 1.82) is 0 Å². The molecule has 0 aromatic rings. The number of ketones is 1. The summed E-state index contributed by atoms with van der Waals surface area (Å²) in [5.74, 6) is 3.08. The van der Waals surface area contributed by atoms with Gasteiger partial charge in [-0.3, -0.25) is 4.79 Å². The van der Waals surface area contributed by atoms with E-state index in [1.807, 2.05) is 7.05 Å². The minimum Gasteiger partial charge on any atom is -0.377 e. The molecule has 104 valence electrons. The van der Waals surface area contributed by atoms with E-state index < -0.39 is 0 Å². The molecular weight excluding hydrogens is 236 g/mol. The number of allylic oxidation sites excluding steroid dienone is 1. The minimum atomic E-state index is 0.240. The van der Waals surface area contributed by atoms with Crippen molar-refractivity contribution in [3.8, 4) is 0 Å². The molecule has 4 saturated carbocycles. The predicted molar refractivity (Wildman–Crippen MR) is 74.6 cm³/mol. The van der Waals surface area contributed by atoms with Crippen LogP contribution in [-0.2, 0) is 4.79 Å². The standard InChI is InChI=1S/C16H24N2O/c1-17-13-5-14(15(19)6-13)18-16-7-10-2-11(8-16)4-12(3-10)9-16/h5,10-13,17-18H,2-4,6-9H2,1H3. The number of rotatable bonds is 3. The molecule has 1 unspecified atom stereocenters. The van der Waals surface area contributed by atoms with Crippen molar-refractivity contribution in [2.24, 2.45) is 17.8 Å². The molecule has 5 aliphatic carbocycles. The van der Waals surface area contributed by atoms with E-state index >= 15 is 0 Å². The van der Waals surface area contributed by atoms with Gasteiger partial charge in [0.2, 0.25) is 0 Å². The lowest BCUT2D eigenvalue weighted by Crippen LogP contribution is -2.58. The molecule has 0 spiro atoms. The van der Waals surface area contributed by atoms with Crippen LogP contribution in [0.3, 0.4) is 0 Å². The summed E-state index contributed by atoms with van der Waals surface area (Å²) in [6, 6.07) is 0.240. The summed E-state index contributed by atoms with van der Waals surface area (Å²) in [6.07, 6.45) is 11.0. The summed E-state index contributed by atoms with van der Waals surface area (Å²) in [4.78, 5) is 12.1. The molecule has 0 aliphatic heterocycles. The van der Waals surface area contributed by atoms with Crippen LogP contribution in [0.25, 0.3) is 0 Å². The van der Waals surface area contributed by atoms with Gasteiger partial charge in [0, 0.05) is 18.0 Å². The summed E-state index contributed by atoms with van der Waals surface area (Å²) in [5.41, 5.74) is 1.17. The Kier molecular flexibility index (Phi) is 2.57. The molecule has 2 N–H and O–H groups in total. The van der Waals surface area contributed by atoms with Crippen molar-refractivity contribution in [1.82, 2.24) is 10.6 Å². The maximum Gasteiger partial charge on any atom is 0.180 e. The maximum absolute atomic E-state index is 12.1. The van der Waals surface area contributed by atoms with Crippen LogP contribution in [0.5, 0.6) is 0 Å². The van der Waals surface area contributed by atoms with Gasteiger partial charge in [-0.2, -0.15) is 0 Å². The topological polar surface area (TPSA) is 41.1 Å². The molecule has 3 heteroatoms. The molecule has 0 saturated heterocycles. The molecule has 19 heavy (non-hydrogen) atoms. The third-order valence-corrected chi connectivity index (χ3v) is 5.88. The SMILES string of the molecule is CNC1C=C(NC23CC4CC(CC(C4)C2)C3)C(=O)C1. The first-order valence-electron chi connectivity index (χ1n) is 7.86. The van der Waals surface area contributed by atoms with E-state index in [9.17, 15) is 4.79 Å². The number of carbonyl (C=O) groups excluding carboxylic acids is 1. The van der Waals surface area contributed by atoms with E-state index in [2.05, 4.69) is 16.7 Å². The monoisotopic (exact) mass is 260 g/mol. The fourth-order valence-corrected chi connectivity index (χ4v) is 5.51. The molecule has 0 amide bonds. The molecule has 0 heterocycles. The van der Waals surface area contributed by atoms with E-state index in [1.165, 1.54) is 38.5 Å². The van der Waals surface area contributed by atoms with Gasteiger partial charge in [0.1, 0.15) is 0 Å². The van der Waals surface area contributed by atoms with Crippen LogP contribution in [0.2, 0.25) is 0 Å². The van der Waals surface area contributed by atoms with Crippen LogP contribution >= 0.6 is 0 Å². The molecule has 0 aromatic heterocycles. The van der Waals surface area contributed by atoms with Crippen LogP contribution < -0.4 is 10.6 Å². The average molecular weight is 260 g/mol. The first-order chi connectivity index (χ1) is 9.16. The number of likely N-dealkylation sites (N-methyl/N-ethyl adjacent to an activating group) is 1. The van der Waals surface area contributed by atoms with Crippen molar-refractivity contribution < 1.29 is 4.79 Å². The van der Waals surface area contributed by atoms with Crippen molar-refractivity contribution in [3.05, 3.63) is 11.8 Å². The summed E-state index contributed by atoms with van der Waals surface area (Å²) >= 11 is 0. The fourth-order valence-electron chi connectivity index (χ4n) is 5.51. The normalized spacial score (nSPS) is 47.6. The fraction of sp³-hybridized carbons (Fsp3) is 0.812. The third kappa shape index (κ3) is 1.94. The van der Waals surface area contributed by atoms with Crippen molar-refractivity contribution >= 4 is 5.78 Å². The Hall–Kier alpha value is -0.830. The highest BCUT2D eigenvalue weighted by Crippen LogP contribution is 2.55. The predicted octanol–water partition coefficient (Wildman–Crippen LogP) is 1.99. The third-order valence-electron chi connectivity index (χ3n) is 5.88. The second-order valence-electron chi connectivity index (χ2n) is 7.43. The molecule has 4 bridgehead atoms. The van der Waals surface area contributed by atoms with Crippen LogP contribution in [0.4, 0.5) is 0 Å². The first kappa shape index (κ1) is 12.0. The number of hydrogen-bond acceptors (Lipinski definition) is 3. The molecule has 0 aromatic carbocycles. The van der Waals surface area contributed by atoms with Gasteiger partial charge in [-0.25, -0.2) is 0 Å². The van der Waals surface area contributed by atoms with Gasteiger partial charge in [-0.15, -0.1) is 0 Å². The van der Waals surface area contributed by atoms with Gasteiger partial charge in [0.05, 0.1) is 5.70 Å². The summed E-state index contributed by atoms with van der Waals surface area (Å²) < 4.78 is 0. The highest BCUT2D eigenvalue weighted by molar-refractivity contribution is 5.98. The van der Waals surface area contributed by atoms with Gasteiger partial charge in [-0.1, -0.05) is 0 Å². The highest BCUT2D eigenvalue weighted by atomic mass is 16.1. The van der Waals surface area contributed by atoms with Crippen LogP contribution in [0.15, 0.2) is 11.8 Å². The Bertz CT molecular complexity index is 405. The Morgan fingerprint density at radius 2 is 1.68 bits per heavy atom. The molecule has 1 atom stereocenters. The van der Waals surface area contributed by atoms with E-state index in [0.717, 1.165) is 23.5 Å². The van der Waals surface area contributed by atoms with Crippen molar-refractivity contribution in [3.63, 3.8) is 0 Å². The smallest absolute Gasteiger partial charge is 0.180 e. The second kappa shape index (κ2) is 4.08. The lowest BCUT2D eigenvalue weighted by atomic mass is 9.53. The Morgan fingerprint density at radius 1 is 1.11 bits per heavy atom. The van der Waals surface area contributed by atoms with Crippen LogP contribution in [0.1, 0.15) is 44.9 Å². The molecule has 5 aliphatic rings. The number of hydrogen-bond donors (Lipinski definition) is 2. The molecular formula is C16H24N2O. The number of carbonyl (C=O) groups is 1. The van der Waals surface area contributed by atoms with Gasteiger partial charge >= 0.3 is 0 Å². The molecule has 0 radical (unpaired) electrons. The van der Waals surface area contributed by atoms with Gasteiger partial charge in [-0.05, 0) is 69.4 Å². The summed E-state index contributed by atoms with van der Waals surface area (Å²) in [6.45, 7) is 0. The van der Waals surface area contributed by atoms with E-state index in [-0.39, 0.29) is 11.6 Å².